The second-order valence-electron chi connectivity index (χ2n) is 5.68. The third-order valence-corrected chi connectivity index (χ3v) is 3.85. The van der Waals surface area contributed by atoms with Crippen molar-refractivity contribution in [3.05, 3.63) is 11.8 Å². The van der Waals surface area contributed by atoms with Crippen LogP contribution < -0.4 is 10.5 Å². The van der Waals surface area contributed by atoms with Gasteiger partial charge in [0.25, 0.3) is 0 Å². The Bertz CT molecular complexity index is 568. The van der Waals surface area contributed by atoms with E-state index >= 15 is 0 Å². The Morgan fingerprint density at radius 1 is 1.53 bits per heavy atom. The zero-order chi connectivity index (χ0) is 14.8. The van der Waals surface area contributed by atoms with Crippen LogP contribution in [0, 0.1) is 10.8 Å². The number of aromatic nitrogens is 2. The average molecular weight is 287 g/mol. The van der Waals surface area contributed by atoms with Crippen LogP contribution in [0.5, 0.6) is 0 Å². The molecule has 0 saturated heterocycles. The largest absolute Gasteiger partial charge is 0.384 e. The summed E-state index contributed by atoms with van der Waals surface area (Å²) in [6.45, 7) is 5.94. The fraction of sp³-hybridized carbons (Fsp3) is 0.636. The van der Waals surface area contributed by atoms with Gasteiger partial charge in [-0.05, 0) is 11.8 Å². The van der Waals surface area contributed by atoms with E-state index in [1.165, 1.54) is 10.9 Å². The van der Waals surface area contributed by atoms with Gasteiger partial charge < -0.3 is 5.73 Å². The molecule has 0 aromatic carbocycles. The fourth-order valence-corrected chi connectivity index (χ4v) is 2.91. The Balaban J connectivity index is 2.90. The summed E-state index contributed by atoms with van der Waals surface area (Å²) in [6, 6.07) is 0. The predicted molar refractivity (Wildman–Crippen MR) is 75.7 cm³/mol. The summed E-state index contributed by atoms with van der Waals surface area (Å²) < 4.78 is 27.8. The molecule has 0 bridgehead atoms. The average Bonchev–Trinajstić information content (AvgIpc) is 2.57. The highest BCUT2D eigenvalue weighted by Crippen LogP contribution is 2.21. The summed E-state index contributed by atoms with van der Waals surface area (Å²) in [4.78, 5) is 0. The first-order chi connectivity index (χ1) is 8.52. The lowest BCUT2D eigenvalue weighted by molar-refractivity contribution is 0.397. The van der Waals surface area contributed by atoms with Gasteiger partial charge in [-0.25, -0.2) is 8.42 Å². The van der Waals surface area contributed by atoms with Gasteiger partial charge in [0.2, 0.25) is 10.0 Å². The molecule has 19 heavy (non-hydrogen) atoms. The number of hydrogen-bond donors (Lipinski definition) is 3. The van der Waals surface area contributed by atoms with E-state index in [-0.39, 0.29) is 28.4 Å². The molecule has 0 aliphatic rings. The molecule has 1 rings (SSSR count). The van der Waals surface area contributed by atoms with Gasteiger partial charge in [0, 0.05) is 7.05 Å². The van der Waals surface area contributed by atoms with Gasteiger partial charge in [-0.3, -0.25) is 14.8 Å². The summed E-state index contributed by atoms with van der Waals surface area (Å²) >= 11 is 0. The van der Waals surface area contributed by atoms with Crippen LogP contribution in [0.1, 0.15) is 32.8 Å². The lowest BCUT2D eigenvalue weighted by Crippen LogP contribution is -2.24. The van der Waals surface area contributed by atoms with Crippen molar-refractivity contribution in [3.8, 4) is 0 Å². The van der Waals surface area contributed by atoms with E-state index in [9.17, 15) is 8.42 Å². The zero-order valence-electron chi connectivity index (χ0n) is 11.7. The summed E-state index contributed by atoms with van der Waals surface area (Å²) in [5.41, 5.74) is 5.60. The minimum atomic E-state index is -3.48. The quantitative estimate of drug-likeness (QED) is 0.551. The van der Waals surface area contributed by atoms with Gasteiger partial charge in [0.15, 0.2) is 0 Å². The first-order valence-corrected chi connectivity index (χ1v) is 7.54. The SMILES string of the molecule is Cn1ncc(C(=N)N)c1NS(=O)(=O)CCC(C)(C)C. The van der Waals surface area contributed by atoms with E-state index in [2.05, 4.69) is 9.82 Å². The van der Waals surface area contributed by atoms with Crippen molar-refractivity contribution in [1.82, 2.24) is 9.78 Å². The molecule has 1 aromatic rings. The Hall–Kier alpha value is -1.57. The molecule has 1 heterocycles. The van der Waals surface area contributed by atoms with Crippen LogP contribution in [0.25, 0.3) is 0 Å². The first kappa shape index (κ1) is 15.5. The molecule has 0 unspecified atom stereocenters. The molecule has 1 aromatic heterocycles. The highest BCUT2D eigenvalue weighted by atomic mass is 32.2. The number of amidine groups is 1. The highest BCUT2D eigenvalue weighted by molar-refractivity contribution is 7.92. The second kappa shape index (κ2) is 5.20. The molecular formula is C11H21N5O2S. The van der Waals surface area contributed by atoms with Crippen molar-refractivity contribution in [1.29, 1.82) is 5.41 Å². The monoisotopic (exact) mass is 287 g/mol. The van der Waals surface area contributed by atoms with Crippen LogP contribution in [0.2, 0.25) is 0 Å². The standard InChI is InChI=1S/C11H21N5O2S/c1-11(2,3)5-6-19(17,18)15-10-8(9(12)13)7-14-16(10)4/h7,15H,5-6H2,1-4H3,(H3,12,13). The maximum Gasteiger partial charge on any atom is 0.233 e. The van der Waals surface area contributed by atoms with Crippen LogP contribution >= 0.6 is 0 Å². The topological polar surface area (TPSA) is 114 Å². The van der Waals surface area contributed by atoms with Crippen molar-refractivity contribution < 1.29 is 8.42 Å². The van der Waals surface area contributed by atoms with Crippen molar-refractivity contribution in [2.75, 3.05) is 10.5 Å². The van der Waals surface area contributed by atoms with E-state index < -0.39 is 10.0 Å². The third-order valence-electron chi connectivity index (χ3n) is 2.60. The van der Waals surface area contributed by atoms with Crippen molar-refractivity contribution >= 4 is 21.7 Å². The van der Waals surface area contributed by atoms with Gasteiger partial charge in [0.05, 0.1) is 17.5 Å². The molecule has 108 valence electrons. The summed E-state index contributed by atoms with van der Waals surface area (Å²) in [6.07, 6.45) is 1.90. The second-order valence-corrected chi connectivity index (χ2v) is 7.52. The molecule has 8 heteroatoms. The maximum absolute atomic E-state index is 12.0. The van der Waals surface area contributed by atoms with Gasteiger partial charge in [0.1, 0.15) is 11.7 Å². The molecule has 4 N–H and O–H groups in total. The van der Waals surface area contributed by atoms with Crippen LogP contribution in [0.3, 0.4) is 0 Å². The van der Waals surface area contributed by atoms with Crippen LogP contribution in [0.15, 0.2) is 6.20 Å². The molecule has 0 radical (unpaired) electrons. The molecular weight excluding hydrogens is 266 g/mol. The molecule has 0 spiro atoms. The number of sulfonamides is 1. The summed E-state index contributed by atoms with van der Waals surface area (Å²) in [5.74, 6) is 0.0157. The molecule has 0 saturated carbocycles. The highest BCUT2D eigenvalue weighted by Gasteiger charge is 2.20. The van der Waals surface area contributed by atoms with Crippen molar-refractivity contribution in [2.45, 2.75) is 27.2 Å². The smallest absolute Gasteiger partial charge is 0.233 e. The third kappa shape index (κ3) is 4.55. The summed E-state index contributed by atoms with van der Waals surface area (Å²) in [5, 5.41) is 11.3. The molecule has 0 aliphatic heterocycles. The molecule has 0 atom stereocenters. The Morgan fingerprint density at radius 2 is 2.11 bits per heavy atom. The van der Waals surface area contributed by atoms with Crippen LogP contribution in [0.4, 0.5) is 5.82 Å². The normalized spacial score (nSPS) is 12.4. The fourth-order valence-electron chi connectivity index (χ4n) is 1.39. The lowest BCUT2D eigenvalue weighted by Gasteiger charge is -2.18. The van der Waals surface area contributed by atoms with E-state index in [0.717, 1.165) is 0 Å². The Kier molecular flexibility index (Phi) is 4.24. The Labute approximate surface area is 113 Å². The van der Waals surface area contributed by atoms with E-state index in [0.29, 0.717) is 6.42 Å². The minimum Gasteiger partial charge on any atom is -0.384 e. The predicted octanol–water partition coefficient (Wildman–Crippen LogP) is 0.882. The van der Waals surface area contributed by atoms with Crippen LogP contribution in [-0.2, 0) is 17.1 Å². The maximum atomic E-state index is 12.0. The zero-order valence-corrected chi connectivity index (χ0v) is 12.5. The Morgan fingerprint density at radius 3 is 2.58 bits per heavy atom. The van der Waals surface area contributed by atoms with Gasteiger partial charge in [-0.15, -0.1) is 0 Å². The van der Waals surface area contributed by atoms with Crippen LogP contribution in [-0.4, -0.2) is 29.8 Å². The molecule has 0 fully saturated rings. The van der Waals surface area contributed by atoms with Crippen molar-refractivity contribution in [3.63, 3.8) is 0 Å². The molecule has 0 amide bonds. The first-order valence-electron chi connectivity index (χ1n) is 5.89. The molecule has 0 aliphatic carbocycles. The minimum absolute atomic E-state index is 0.0129. The van der Waals surface area contributed by atoms with Gasteiger partial charge in [-0.1, -0.05) is 20.8 Å². The van der Waals surface area contributed by atoms with Gasteiger partial charge >= 0.3 is 0 Å². The number of nitrogen functional groups attached to an aromatic ring is 1. The number of hydrogen-bond acceptors (Lipinski definition) is 4. The van der Waals surface area contributed by atoms with E-state index in [1.807, 2.05) is 20.8 Å². The number of nitrogens with two attached hydrogens (primary N) is 1. The number of nitrogens with zero attached hydrogens (tertiary/aromatic N) is 2. The van der Waals surface area contributed by atoms with Crippen molar-refractivity contribution in [2.24, 2.45) is 18.2 Å². The van der Waals surface area contributed by atoms with E-state index in [1.54, 1.807) is 7.05 Å². The number of nitrogens with one attached hydrogen (secondary N) is 2. The number of aryl methyl sites for hydroxylation is 1. The van der Waals surface area contributed by atoms with E-state index in [4.69, 9.17) is 11.1 Å². The van der Waals surface area contributed by atoms with Gasteiger partial charge in [-0.2, -0.15) is 5.10 Å². The number of anilines is 1. The lowest BCUT2D eigenvalue weighted by atomic mass is 9.94. The summed E-state index contributed by atoms with van der Waals surface area (Å²) in [7, 11) is -1.89. The molecule has 7 nitrogen and oxygen atoms in total. The number of rotatable bonds is 5.